The number of carbonyl (C=O) groups is 2. The summed E-state index contributed by atoms with van der Waals surface area (Å²) in [5, 5.41) is 19.4. The molecule has 1 unspecified atom stereocenters. The molecule has 0 radical (unpaired) electrons. The molecule has 29 heavy (non-hydrogen) atoms. The van der Waals surface area contributed by atoms with E-state index in [4.69, 9.17) is 16.0 Å². The van der Waals surface area contributed by atoms with E-state index in [2.05, 4.69) is 16.0 Å². The van der Waals surface area contributed by atoms with Crippen molar-refractivity contribution in [1.29, 1.82) is 0 Å². The Morgan fingerprint density at radius 1 is 1.31 bits per heavy atom. The van der Waals surface area contributed by atoms with E-state index in [9.17, 15) is 14.7 Å². The summed E-state index contributed by atoms with van der Waals surface area (Å²) in [6, 6.07) is 2.74. The molecule has 1 aromatic heterocycles. The van der Waals surface area contributed by atoms with Gasteiger partial charge in [0.2, 0.25) is 0 Å². The largest absolute Gasteiger partial charge is 0.450 e. The molecular formula is C21H26ClN3O4. The Kier molecular flexibility index (Phi) is 5.21. The molecule has 1 saturated carbocycles. The van der Waals surface area contributed by atoms with Crippen LogP contribution in [0, 0.1) is 5.92 Å². The van der Waals surface area contributed by atoms with Gasteiger partial charge < -0.3 is 25.5 Å². The van der Waals surface area contributed by atoms with E-state index in [-0.39, 0.29) is 36.3 Å². The van der Waals surface area contributed by atoms with Crippen molar-refractivity contribution in [2.45, 2.75) is 57.5 Å². The van der Waals surface area contributed by atoms with Crippen LogP contribution in [0.4, 0.5) is 10.5 Å². The number of nitrogens with one attached hydrogen (secondary N) is 3. The average molecular weight is 420 g/mol. The third-order valence-electron chi connectivity index (χ3n) is 6.08. The van der Waals surface area contributed by atoms with Gasteiger partial charge in [-0.25, -0.2) is 4.79 Å². The third-order valence-corrected chi connectivity index (χ3v) is 6.38. The molecule has 1 fully saturated rings. The number of anilines is 1. The fourth-order valence-corrected chi connectivity index (χ4v) is 4.72. The van der Waals surface area contributed by atoms with Gasteiger partial charge in [0.25, 0.3) is 5.91 Å². The molecule has 1 aliphatic carbocycles. The molecule has 1 atom stereocenters. The van der Waals surface area contributed by atoms with Crippen LogP contribution >= 0.6 is 11.6 Å². The van der Waals surface area contributed by atoms with Crippen LogP contribution in [0.3, 0.4) is 0 Å². The molecular weight excluding hydrogens is 394 g/mol. The Labute approximate surface area is 174 Å². The molecule has 4 rings (SSSR count). The van der Waals surface area contributed by atoms with E-state index in [0.29, 0.717) is 21.7 Å². The molecule has 2 heterocycles. The zero-order valence-corrected chi connectivity index (χ0v) is 17.4. The van der Waals surface area contributed by atoms with Gasteiger partial charge in [0.15, 0.2) is 5.76 Å². The normalized spacial score (nSPS) is 19.0. The van der Waals surface area contributed by atoms with Crippen molar-refractivity contribution in [2.75, 3.05) is 11.9 Å². The van der Waals surface area contributed by atoms with Crippen LogP contribution in [-0.2, 0) is 5.54 Å². The van der Waals surface area contributed by atoms with Crippen LogP contribution < -0.4 is 16.0 Å². The molecule has 2 aromatic rings. The number of hydrogen-bond acceptors (Lipinski definition) is 4. The summed E-state index contributed by atoms with van der Waals surface area (Å²) in [5.41, 5.74) is 1.40. The number of benzene rings is 1. The number of hydrogen-bond donors (Lipinski definition) is 4. The molecule has 0 bridgehead atoms. The van der Waals surface area contributed by atoms with E-state index in [1.165, 1.54) is 0 Å². The van der Waals surface area contributed by atoms with Crippen molar-refractivity contribution in [1.82, 2.24) is 10.6 Å². The zero-order valence-electron chi connectivity index (χ0n) is 16.6. The first-order valence-electron chi connectivity index (χ1n) is 10.1. The number of furan rings is 1. The summed E-state index contributed by atoms with van der Waals surface area (Å²) in [6.07, 6.45) is 4.70. The number of amides is 3. The Bertz CT molecular complexity index is 962. The molecule has 8 heteroatoms. The summed E-state index contributed by atoms with van der Waals surface area (Å²) < 4.78 is 6.03. The molecule has 1 aromatic carbocycles. The van der Waals surface area contributed by atoms with Crippen molar-refractivity contribution in [3.8, 4) is 0 Å². The lowest BCUT2D eigenvalue weighted by molar-refractivity contribution is 0.0870. The second kappa shape index (κ2) is 7.54. The van der Waals surface area contributed by atoms with Crippen LogP contribution in [0.5, 0.6) is 0 Å². The quantitative estimate of drug-likeness (QED) is 0.598. The van der Waals surface area contributed by atoms with Gasteiger partial charge in [-0.05, 0) is 30.9 Å². The molecule has 156 valence electrons. The standard InChI is InChI=1S/C21H26ClN3O4/c1-11(2)14(10-26)23-19(27)15-9-12-8-13(22)17-16(18(12)29-15)21(25-20(28)24-17)6-4-3-5-7-21/h8-9,11,14,26H,3-7,10H2,1-2H3,(H,23,27)(H2,24,25,28). The second-order valence-corrected chi connectivity index (χ2v) is 8.77. The minimum atomic E-state index is -0.545. The van der Waals surface area contributed by atoms with Crippen LogP contribution in [-0.4, -0.2) is 29.7 Å². The predicted octanol–water partition coefficient (Wildman–Crippen LogP) is 4.13. The number of carbonyl (C=O) groups excluding carboxylic acids is 2. The maximum atomic E-state index is 12.7. The highest BCUT2D eigenvalue weighted by Crippen LogP contribution is 2.48. The summed E-state index contributed by atoms with van der Waals surface area (Å²) >= 11 is 6.51. The van der Waals surface area contributed by atoms with Crippen molar-refractivity contribution >= 4 is 40.2 Å². The van der Waals surface area contributed by atoms with E-state index >= 15 is 0 Å². The molecule has 4 N–H and O–H groups in total. The lowest BCUT2D eigenvalue weighted by Crippen LogP contribution is -2.52. The van der Waals surface area contributed by atoms with Crippen molar-refractivity contribution < 1.29 is 19.1 Å². The van der Waals surface area contributed by atoms with Crippen molar-refractivity contribution in [2.24, 2.45) is 5.92 Å². The highest BCUT2D eigenvalue weighted by Gasteiger charge is 2.43. The summed E-state index contributed by atoms with van der Waals surface area (Å²) in [4.78, 5) is 25.0. The molecule has 2 aliphatic rings. The molecule has 3 amide bonds. The topological polar surface area (TPSA) is 104 Å². The summed E-state index contributed by atoms with van der Waals surface area (Å²) in [6.45, 7) is 3.71. The lowest BCUT2D eigenvalue weighted by atomic mass is 9.74. The third kappa shape index (κ3) is 3.46. The number of rotatable bonds is 4. The summed E-state index contributed by atoms with van der Waals surface area (Å²) in [5.74, 6) is -0.142. The minimum absolute atomic E-state index is 0.0838. The van der Waals surface area contributed by atoms with E-state index in [1.807, 2.05) is 13.8 Å². The van der Waals surface area contributed by atoms with Gasteiger partial charge in [0, 0.05) is 10.9 Å². The highest BCUT2D eigenvalue weighted by molar-refractivity contribution is 6.35. The predicted molar refractivity (Wildman–Crippen MR) is 111 cm³/mol. The SMILES string of the molecule is CC(C)C(CO)NC(=O)c1cc2cc(Cl)c3c(c2o1)C1(CCCCC1)NC(=O)N3. The fraction of sp³-hybridized carbons (Fsp3) is 0.524. The highest BCUT2D eigenvalue weighted by atomic mass is 35.5. The van der Waals surface area contributed by atoms with Gasteiger partial charge in [-0.3, -0.25) is 4.79 Å². The van der Waals surface area contributed by atoms with Gasteiger partial charge in [-0.1, -0.05) is 44.7 Å². The zero-order chi connectivity index (χ0) is 20.8. The van der Waals surface area contributed by atoms with Gasteiger partial charge in [-0.15, -0.1) is 0 Å². The second-order valence-electron chi connectivity index (χ2n) is 8.37. The first-order chi connectivity index (χ1) is 13.8. The monoisotopic (exact) mass is 419 g/mol. The van der Waals surface area contributed by atoms with E-state index in [1.54, 1.807) is 12.1 Å². The maximum Gasteiger partial charge on any atom is 0.319 e. The van der Waals surface area contributed by atoms with Crippen molar-refractivity contribution in [3.05, 3.63) is 28.5 Å². The fourth-order valence-electron chi connectivity index (χ4n) is 4.46. The minimum Gasteiger partial charge on any atom is -0.450 e. The Balaban J connectivity index is 1.81. The van der Waals surface area contributed by atoms with E-state index in [0.717, 1.165) is 37.7 Å². The average Bonchev–Trinajstić information content (AvgIpc) is 3.09. The van der Waals surface area contributed by atoms with Crippen LogP contribution in [0.2, 0.25) is 5.02 Å². The van der Waals surface area contributed by atoms with Crippen LogP contribution in [0.15, 0.2) is 16.5 Å². The Morgan fingerprint density at radius 3 is 2.69 bits per heavy atom. The Hall–Kier alpha value is -2.25. The van der Waals surface area contributed by atoms with Gasteiger partial charge in [0.1, 0.15) is 5.58 Å². The molecule has 1 aliphatic heterocycles. The number of aliphatic hydroxyl groups excluding tert-OH is 1. The first-order valence-corrected chi connectivity index (χ1v) is 10.5. The molecule has 1 spiro atoms. The van der Waals surface area contributed by atoms with Crippen LogP contribution in [0.1, 0.15) is 62.1 Å². The van der Waals surface area contributed by atoms with Gasteiger partial charge in [-0.2, -0.15) is 0 Å². The lowest BCUT2D eigenvalue weighted by Gasteiger charge is -2.42. The maximum absolute atomic E-state index is 12.7. The number of aliphatic hydroxyl groups is 1. The smallest absolute Gasteiger partial charge is 0.319 e. The number of fused-ring (bicyclic) bond motifs is 4. The molecule has 0 saturated heterocycles. The molecule has 7 nitrogen and oxygen atoms in total. The number of urea groups is 1. The van der Waals surface area contributed by atoms with Gasteiger partial charge in [0.05, 0.1) is 28.9 Å². The number of halogens is 1. The van der Waals surface area contributed by atoms with Gasteiger partial charge >= 0.3 is 6.03 Å². The van der Waals surface area contributed by atoms with E-state index < -0.39 is 5.54 Å². The first kappa shape index (κ1) is 20.0. The van der Waals surface area contributed by atoms with Crippen LogP contribution in [0.25, 0.3) is 11.0 Å². The Morgan fingerprint density at radius 2 is 2.03 bits per heavy atom. The van der Waals surface area contributed by atoms with Crippen molar-refractivity contribution in [3.63, 3.8) is 0 Å². The summed E-state index contributed by atoms with van der Waals surface area (Å²) in [7, 11) is 0.